The van der Waals surface area contributed by atoms with Crippen molar-refractivity contribution in [3.8, 4) is 0 Å². The zero-order valence-electron chi connectivity index (χ0n) is 14.3. The van der Waals surface area contributed by atoms with Gasteiger partial charge in [0.25, 0.3) is 5.91 Å². The molecule has 2 aromatic heterocycles. The van der Waals surface area contributed by atoms with Crippen molar-refractivity contribution in [2.45, 2.75) is 32.7 Å². The first-order valence-corrected chi connectivity index (χ1v) is 9.14. The summed E-state index contributed by atoms with van der Waals surface area (Å²) in [4.78, 5) is 42.8. The second kappa shape index (κ2) is 8.13. The van der Waals surface area contributed by atoms with E-state index in [0.29, 0.717) is 36.8 Å². The molecule has 26 heavy (non-hydrogen) atoms. The van der Waals surface area contributed by atoms with Crippen molar-refractivity contribution in [1.29, 1.82) is 0 Å². The first kappa shape index (κ1) is 18.1. The first-order valence-electron chi connectivity index (χ1n) is 8.32. The molecule has 0 aliphatic carbocycles. The maximum absolute atomic E-state index is 12.3. The van der Waals surface area contributed by atoms with Crippen LogP contribution in [-0.2, 0) is 27.3 Å². The van der Waals surface area contributed by atoms with Crippen LogP contribution < -0.4 is 5.32 Å². The summed E-state index contributed by atoms with van der Waals surface area (Å²) in [5, 5.41) is 3.25. The molecular formula is C17H19N3O5S. The number of amides is 2. The Morgan fingerprint density at radius 1 is 1.38 bits per heavy atom. The SMILES string of the molecule is CCOC(=O)CCC(=O)N1CCc2nc(NC(=O)c3ccoc3)sc2C1. The normalized spacial score (nSPS) is 13.2. The van der Waals surface area contributed by atoms with Gasteiger partial charge in [-0.3, -0.25) is 19.7 Å². The van der Waals surface area contributed by atoms with Gasteiger partial charge in [0.1, 0.15) is 6.26 Å². The van der Waals surface area contributed by atoms with Gasteiger partial charge in [0.05, 0.1) is 37.1 Å². The molecule has 1 aliphatic rings. The Morgan fingerprint density at radius 3 is 2.96 bits per heavy atom. The maximum Gasteiger partial charge on any atom is 0.306 e. The van der Waals surface area contributed by atoms with E-state index in [-0.39, 0.29) is 30.6 Å². The van der Waals surface area contributed by atoms with Crippen molar-refractivity contribution < 1.29 is 23.5 Å². The molecule has 0 spiro atoms. The first-order chi connectivity index (χ1) is 12.6. The highest BCUT2D eigenvalue weighted by atomic mass is 32.1. The highest BCUT2D eigenvalue weighted by Gasteiger charge is 2.25. The number of nitrogens with one attached hydrogen (secondary N) is 1. The number of hydrogen-bond donors (Lipinski definition) is 1. The minimum Gasteiger partial charge on any atom is -0.472 e. The number of fused-ring (bicyclic) bond motifs is 1. The van der Waals surface area contributed by atoms with Gasteiger partial charge in [-0.05, 0) is 13.0 Å². The second-order valence-electron chi connectivity index (χ2n) is 5.73. The van der Waals surface area contributed by atoms with Gasteiger partial charge in [-0.15, -0.1) is 0 Å². The number of carbonyl (C=O) groups excluding carboxylic acids is 3. The quantitative estimate of drug-likeness (QED) is 0.775. The van der Waals surface area contributed by atoms with E-state index < -0.39 is 0 Å². The monoisotopic (exact) mass is 377 g/mol. The summed E-state index contributed by atoms with van der Waals surface area (Å²) >= 11 is 1.36. The van der Waals surface area contributed by atoms with Gasteiger partial charge >= 0.3 is 5.97 Å². The number of carbonyl (C=O) groups is 3. The lowest BCUT2D eigenvalue weighted by Gasteiger charge is -2.26. The number of thiazole rings is 1. The summed E-state index contributed by atoms with van der Waals surface area (Å²) in [6.45, 7) is 3.04. The molecule has 0 saturated heterocycles. The van der Waals surface area contributed by atoms with Crippen LogP contribution in [0.4, 0.5) is 5.13 Å². The lowest BCUT2D eigenvalue weighted by atomic mass is 10.1. The molecule has 0 atom stereocenters. The van der Waals surface area contributed by atoms with Crippen molar-refractivity contribution in [3.63, 3.8) is 0 Å². The summed E-state index contributed by atoms with van der Waals surface area (Å²) in [5.41, 5.74) is 1.32. The molecule has 0 bridgehead atoms. The third-order valence-corrected chi connectivity index (χ3v) is 4.93. The number of esters is 1. The molecule has 0 unspecified atom stereocenters. The van der Waals surface area contributed by atoms with Crippen molar-refractivity contribution in [3.05, 3.63) is 34.7 Å². The van der Waals surface area contributed by atoms with Gasteiger partial charge in [-0.25, -0.2) is 4.98 Å². The minimum absolute atomic E-state index is 0.0823. The zero-order valence-corrected chi connectivity index (χ0v) is 15.1. The molecule has 0 saturated carbocycles. The Kier molecular flexibility index (Phi) is 5.67. The fourth-order valence-corrected chi connectivity index (χ4v) is 3.64. The van der Waals surface area contributed by atoms with Crippen molar-refractivity contribution >= 4 is 34.3 Å². The van der Waals surface area contributed by atoms with Gasteiger partial charge in [-0.2, -0.15) is 0 Å². The molecule has 0 radical (unpaired) electrons. The van der Waals surface area contributed by atoms with Crippen LogP contribution >= 0.6 is 11.3 Å². The summed E-state index contributed by atoms with van der Waals surface area (Å²) in [6, 6.07) is 1.58. The van der Waals surface area contributed by atoms with Crippen LogP contribution in [0.1, 0.15) is 40.7 Å². The smallest absolute Gasteiger partial charge is 0.306 e. The van der Waals surface area contributed by atoms with Gasteiger partial charge in [0.15, 0.2) is 5.13 Å². The predicted octanol–water partition coefficient (Wildman–Crippen LogP) is 2.22. The lowest BCUT2D eigenvalue weighted by molar-refractivity contribution is -0.145. The van der Waals surface area contributed by atoms with E-state index in [2.05, 4.69) is 10.3 Å². The Hall–Kier alpha value is -2.68. The number of anilines is 1. The van der Waals surface area contributed by atoms with Crippen LogP contribution in [-0.4, -0.2) is 40.8 Å². The van der Waals surface area contributed by atoms with Crippen LogP contribution in [0.5, 0.6) is 0 Å². The average Bonchev–Trinajstić information content (AvgIpc) is 3.28. The van der Waals surface area contributed by atoms with E-state index in [0.717, 1.165) is 10.6 Å². The summed E-state index contributed by atoms with van der Waals surface area (Å²) in [6.07, 6.45) is 3.65. The number of hydrogen-bond acceptors (Lipinski definition) is 7. The molecule has 8 nitrogen and oxygen atoms in total. The molecule has 0 fully saturated rings. The molecule has 3 heterocycles. The number of aromatic nitrogens is 1. The molecular weight excluding hydrogens is 358 g/mol. The van der Waals surface area contributed by atoms with Crippen LogP contribution in [0.25, 0.3) is 0 Å². The van der Waals surface area contributed by atoms with E-state index in [1.54, 1.807) is 17.9 Å². The highest BCUT2D eigenvalue weighted by Crippen LogP contribution is 2.29. The van der Waals surface area contributed by atoms with Gasteiger partial charge in [0, 0.05) is 24.3 Å². The van der Waals surface area contributed by atoms with E-state index in [4.69, 9.17) is 9.15 Å². The molecule has 3 rings (SSSR count). The third-order valence-electron chi connectivity index (χ3n) is 3.94. The highest BCUT2D eigenvalue weighted by molar-refractivity contribution is 7.15. The predicted molar refractivity (Wildman–Crippen MR) is 93.8 cm³/mol. The van der Waals surface area contributed by atoms with Crippen molar-refractivity contribution in [2.24, 2.45) is 0 Å². The van der Waals surface area contributed by atoms with E-state index in [1.165, 1.54) is 23.9 Å². The average molecular weight is 377 g/mol. The van der Waals surface area contributed by atoms with Gasteiger partial charge in [0.2, 0.25) is 5.91 Å². The number of furan rings is 1. The Morgan fingerprint density at radius 2 is 2.23 bits per heavy atom. The topological polar surface area (TPSA) is 102 Å². The summed E-state index contributed by atoms with van der Waals surface area (Å²) in [5.74, 6) is -0.728. The molecule has 138 valence electrons. The van der Waals surface area contributed by atoms with Crippen LogP contribution in [0.3, 0.4) is 0 Å². The van der Waals surface area contributed by atoms with Crippen LogP contribution in [0, 0.1) is 0 Å². The van der Waals surface area contributed by atoms with Gasteiger partial charge < -0.3 is 14.1 Å². The number of rotatable bonds is 6. The fraction of sp³-hybridized carbons (Fsp3) is 0.412. The standard InChI is InChI=1S/C17H19N3O5S/c1-2-25-15(22)4-3-14(21)20-7-5-12-13(9-20)26-17(18-12)19-16(23)11-6-8-24-10-11/h6,8,10H,2-5,7,9H2,1H3,(H,18,19,23). The molecule has 1 N–H and O–H groups in total. The van der Waals surface area contributed by atoms with Gasteiger partial charge in [-0.1, -0.05) is 11.3 Å². The molecule has 9 heteroatoms. The minimum atomic E-state index is -0.361. The summed E-state index contributed by atoms with van der Waals surface area (Å²) in [7, 11) is 0. The Bertz CT molecular complexity index is 799. The van der Waals surface area contributed by atoms with Crippen LogP contribution in [0.2, 0.25) is 0 Å². The Labute approximate surface area is 154 Å². The fourth-order valence-electron chi connectivity index (χ4n) is 2.63. The number of ether oxygens (including phenoxy) is 1. The van der Waals surface area contributed by atoms with Crippen LogP contribution in [0.15, 0.2) is 23.0 Å². The summed E-state index contributed by atoms with van der Waals surface area (Å²) < 4.78 is 9.74. The van der Waals surface area contributed by atoms with E-state index >= 15 is 0 Å². The largest absolute Gasteiger partial charge is 0.472 e. The molecule has 2 aromatic rings. The molecule has 2 amide bonds. The molecule has 0 aromatic carbocycles. The second-order valence-corrected chi connectivity index (χ2v) is 6.81. The zero-order chi connectivity index (χ0) is 18.5. The van der Waals surface area contributed by atoms with E-state index in [9.17, 15) is 14.4 Å². The lowest BCUT2D eigenvalue weighted by Crippen LogP contribution is -2.35. The van der Waals surface area contributed by atoms with Crippen molar-refractivity contribution in [1.82, 2.24) is 9.88 Å². The van der Waals surface area contributed by atoms with E-state index in [1.807, 2.05) is 0 Å². The maximum atomic E-state index is 12.3. The molecule has 1 aliphatic heterocycles. The third kappa shape index (κ3) is 4.29. The number of nitrogens with zero attached hydrogens (tertiary/aromatic N) is 2. The Balaban J connectivity index is 1.57. The van der Waals surface area contributed by atoms with Crippen molar-refractivity contribution in [2.75, 3.05) is 18.5 Å².